The Morgan fingerprint density at radius 2 is 1.50 bits per heavy atom. The number of fused-ring (bicyclic) bond motifs is 1. The lowest BCUT2D eigenvalue weighted by Crippen LogP contribution is -2.41. The molecule has 1 aliphatic rings. The van der Waals surface area contributed by atoms with E-state index in [4.69, 9.17) is 29.0 Å². The first kappa shape index (κ1) is 45.7. The highest BCUT2D eigenvalue weighted by Crippen LogP contribution is 2.46. The lowest BCUT2D eigenvalue weighted by atomic mass is 9.92. The van der Waals surface area contributed by atoms with Crippen molar-refractivity contribution < 1.29 is 42.9 Å². The quantitative estimate of drug-likeness (QED) is 0.0381. The molecule has 2 aromatic heterocycles. The Hall–Kier alpha value is -2.96. The number of anilines is 1. The third kappa shape index (κ3) is 14.5. The second-order valence-electron chi connectivity index (χ2n) is 14.8. The highest BCUT2D eigenvalue weighted by atomic mass is 31.2. The molecular formula is C41H64N5O9P. The number of unbranched alkanes of at least 4 members (excludes halogenated alkanes) is 16. The number of aromatic nitrogens is 3. The summed E-state index contributed by atoms with van der Waals surface area (Å²) in [7, 11) is -4.71. The van der Waals surface area contributed by atoms with Gasteiger partial charge in [0.25, 0.3) is 0 Å². The van der Waals surface area contributed by atoms with E-state index in [0.29, 0.717) is 12.1 Å². The number of ether oxygens (including phenoxy) is 3. The van der Waals surface area contributed by atoms with E-state index < -0.39 is 44.4 Å². The van der Waals surface area contributed by atoms with Crippen LogP contribution >= 0.6 is 7.82 Å². The molecule has 1 aromatic carbocycles. The third-order valence-electron chi connectivity index (χ3n) is 10.3. The number of rotatable bonds is 30. The molecule has 5 N–H and O–H groups in total. The molecule has 15 heteroatoms. The molecule has 4 rings (SSSR count). The largest absolute Gasteiger partial charge is 0.472 e. The van der Waals surface area contributed by atoms with Crippen LogP contribution in [-0.2, 0) is 40.0 Å². The molecule has 0 spiro atoms. The molecule has 14 nitrogen and oxygen atoms in total. The number of nitrogen functional groups attached to an aromatic ring is 1. The SMILES string of the molecule is CCCCCCCCCCCCCCCCCCCOC[C@H](COP(=O)(O)OC[C@H]1O[C@@](C#N)(c2ccc3c(N)ncnn23)[C@H](O)[C@@H]1O)OCc1ccccc1. The Bertz CT molecular complexity index is 1630. The summed E-state index contributed by atoms with van der Waals surface area (Å²) < 4.78 is 42.5. The number of benzene rings is 1. The highest BCUT2D eigenvalue weighted by Gasteiger charge is 2.58. The standard InChI is InChI=1S/C41H64N5O9P/c1-2-3-4-5-6-7-8-9-10-11-12-13-14-15-16-17-21-26-51-28-34(52-27-33-22-19-18-20-23-33)29-53-56(49,50)54-30-36-38(47)39(48)41(31-42,55-36)37-25-24-35-40(43)44-32-45-46(35)37/h18-20,22-25,32,34,36,38-39,47-48H,2-17,21,26-30H2,1H3,(H,49,50)(H2,43,44,45)/t34-,36-,38-,39-,41+/m1/s1. The summed E-state index contributed by atoms with van der Waals surface area (Å²) >= 11 is 0. The maximum atomic E-state index is 13.0. The summed E-state index contributed by atoms with van der Waals surface area (Å²) in [4.78, 5) is 14.5. The minimum atomic E-state index is -4.71. The van der Waals surface area contributed by atoms with Gasteiger partial charge in [0, 0.05) is 6.61 Å². The zero-order valence-corrected chi connectivity index (χ0v) is 34.0. The van der Waals surface area contributed by atoms with E-state index in [1.54, 1.807) is 6.07 Å². The summed E-state index contributed by atoms with van der Waals surface area (Å²) in [6.45, 7) is 2.21. The van der Waals surface area contributed by atoms with Gasteiger partial charge in [-0.2, -0.15) is 10.4 Å². The molecule has 0 amide bonds. The zero-order valence-electron chi connectivity index (χ0n) is 33.1. The Morgan fingerprint density at radius 3 is 2.11 bits per heavy atom. The fourth-order valence-electron chi connectivity index (χ4n) is 7.01. The van der Waals surface area contributed by atoms with Crippen LogP contribution in [0.3, 0.4) is 0 Å². The van der Waals surface area contributed by atoms with Gasteiger partial charge in [0.15, 0.2) is 5.82 Å². The van der Waals surface area contributed by atoms with Crippen molar-refractivity contribution in [2.45, 2.75) is 153 Å². The van der Waals surface area contributed by atoms with Crippen molar-refractivity contribution in [1.82, 2.24) is 14.6 Å². The zero-order chi connectivity index (χ0) is 40.1. The van der Waals surface area contributed by atoms with Gasteiger partial charge in [0.1, 0.15) is 42.3 Å². The van der Waals surface area contributed by atoms with Gasteiger partial charge in [-0.3, -0.25) is 9.05 Å². The molecule has 1 fully saturated rings. The van der Waals surface area contributed by atoms with Gasteiger partial charge < -0.3 is 35.1 Å². The summed E-state index contributed by atoms with van der Waals surface area (Å²) in [5.74, 6) is 0.137. The summed E-state index contributed by atoms with van der Waals surface area (Å²) in [6.07, 6.45) is 17.8. The van der Waals surface area contributed by atoms with Crippen molar-refractivity contribution in [3.05, 3.63) is 60.0 Å². The highest BCUT2D eigenvalue weighted by molar-refractivity contribution is 7.47. The number of nitriles is 1. The number of aliphatic hydroxyl groups excluding tert-OH is 2. The molecule has 0 saturated carbocycles. The van der Waals surface area contributed by atoms with Crippen molar-refractivity contribution in [3.8, 4) is 6.07 Å². The molecular weight excluding hydrogens is 737 g/mol. The number of hydrogen-bond acceptors (Lipinski definition) is 12. The Morgan fingerprint density at radius 1 is 0.893 bits per heavy atom. The third-order valence-corrected chi connectivity index (χ3v) is 11.3. The molecule has 56 heavy (non-hydrogen) atoms. The normalized spacial score (nSPS) is 21.3. The van der Waals surface area contributed by atoms with Crippen molar-refractivity contribution >= 4 is 19.2 Å². The molecule has 0 radical (unpaired) electrons. The van der Waals surface area contributed by atoms with Gasteiger partial charge in [-0.05, 0) is 24.1 Å². The smallest absolute Gasteiger partial charge is 0.387 e. The molecule has 3 heterocycles. The van der Waals surface area contributed by atoms with Crippen LogP contribution in [0.1, 0.15) is 127 Å². The van der Waals surface area contributed by atoms with Gasteiger partial charge in [-0.1, -0.05) is 140 Å². The Balaban J connectivity index is 1.14. The topological polar surface area (TPSA) is 204 Å². The molecule has 6 atom stereocenters. The van der Waals surface area contributed by atoms with E-state index in [1.165, 1.54) is 113 Å². The number of nitrogens with zero attached hydrogens (tertiary/aromatic N) is 4. The van der Waals surface area contributed by atoms with Gasteiger partial charge in [-0.25, -0.2) is 14.1 Å². The van der Waals surface area contributed by atoms with Crippen molar-refractivity contribution in [1.29, 1.82) is 5.26 Å². The average Bonchev–Trinajstić information content (AvgIpc) is 3.75. The molecule has 1 saturated heterocycles. The molecule has 1 unspecified atom stereocenters. The summed E-state index contributed by atoms with van der Waals surface area (Å²) in [5, 5.41) is 36.0. The van der Waals surface area contributed by atoms with E-state index in [9.17, 15) is 24.9 Å². The fraction of sp³-hybridized carbons (Fsp3) is 0.683. The maximum absolute atomic E-state index is 13.0. The first-order valence-corrected chi connectivity index (χ1v) is 22.1. The summed E-state index contributed by atoms with van der Waals surface area (Å²) in [5.41, 5.74) is 5.21. The van der Waals surface area contributed by atoms with Crippen molar-refractivity contribution in [2.24, 2.45) is 0 Å². The first-order chi connectivity index (χ1) is 27.2. The van der Waals surface area contributed by atoms with Crippen LogP contribution in [-0.4, -0.2) is 80.5 Å². The van der Waals surface area contributed by atoms with Crippen LogP contribution in [0.4, 0.5) is 5.82 Å². The lowest BCUT2D eigenvalue weighted by molar-refractivity contribution is -0.0690. The van der Waals surface area contributed by atoms with Gasteiger partial charge in [0.05, 0.1) is 32.1 Å². The van der Waals surface area contributed by atoms with Crippen molar-refractivity contribution in [3.63, 3.8) is 0 Å². The Labute approximate surface area is 332 Å². The predicted molar refractivity (Wildman–Crippen MR) is 213 cm³/mol. The molecule has 0 bridgehead atoms. The van der Waals surface area contributed by atoms with Crippen LogP contribution in [0.5, 0.6) is 0 Å². The van der Waals surface area contributed by atoms with E-state index in [2.05, 4.69) is 17.0 Å². The van der Waals surface area contributed by atoms with E-state index in [0.717, 1.165) is 18.4 Å². The number of phosphoric acid groups is 1. The van der Waals surface area contributed by atoms with Gasteiger partial charge in [-0.15, -0.1) is 0 Å². The summed E-state index contributed by atoms with van der Waals surface area (Å²) in [6, 6.07) is 14.5. The number of phosphoric ester groups is 1. The number of nitrogens with two attached hydrogens (primary N) is 1. The van der Waals surface area contributed by atoms with E-state index in [-0.39, 0.29) is 31.3 Å². The molecule has 0 aliphatic carbocycles. The average molecular weight is 802 g/mol. The second kappa shape index (κ2) is 24.7. The molecule has 1 aliphatic heterocycles. The Kier molecular flexibility index (Phi) is 20.2. The van der Waals surface area contributed by atoms with Gasteiger partial charge >= 0.3 is 7.82 Å². The fourth-order valence-corrected chi connectivity index (χ4v) is 7.77. The number of hydrogen-bond donors (Lipinski definition) is 4. The van der Waals surface area contributed by atoms with Crippen LogP contribution in [0.25, 0.3) is 5.52 Å². The minimum Gasteiger partial charge on any atom is -0.387 e. The monoisotopic (exact) mass is 801 g/mol. The van der Waals surface area contributed by atoms with Crippen LogP contribution in [0.2, 0.25) is 0 Å². The van der Waals surface area contributed by atoms with Crippen molar-refractivity contribution in [2.75, 3.05) is 32.2 Å². The van der Waals surface area contributed by atoms with E-state index in [1.807, 2.05) is 36.4 Å². The second-order valence-corrected chi connectivity index (χ2v) is 16.3. The molecule has 3 aromatic rings. The van der Waals surface area contributed by atoms with Gasteiger partial charge in [0.2, 0.25) is 5.60 Å². The lowest BCUT2D eigenvalue weighted by Gasteiger charge is -2.24. The van der Waals surface area contributed by atoms with Crippen LogP contribution < -0.4 is 5.73 Å². The van der Waals surface area contributed by atoms with Crippen LogP contribution in [0, 0.1) is 11.3 Å². The maximum Gasteiger partial charge on any atom is 0.472 e. The van der Waals surface area contributed by atoms with E-state index >= 15 is 0 Å². The molecule has 312 valence electrons. The number of aliphatic hydroxyl groups is 2. The minimum absolute atomic E-state index is 0.0924. The predicted octanol–water partition coefficient (Wildman–Crippen LogP) is 7.54. The first-order valence-electron chi connectivity index (χ1n) is 20.6. The van der Waals surface area contributed by atoms with Crippen LogP contribution in [0.15, 0.2) is 48.8 Å².